The Balaban J connectivity index is 2.78. The Morgan fingerprint density at radius 2 is 1.90 bits per heavy atom. The average molecular weight is 272 g/mol. The maximum absolute atomic E-state index is 10.9. The second-order valence-electron chi connectivity index (χ2n) is 5.22. The number of hydrogen-bond acceptors (Lipinski definition) is 2. The smallest absolute Gasteiger partial charge is 0.328 e. The molecule has 0 bridgehead atoms. The van der Waals surface area contributed by atoms with E-state index in [1.165, 1.54) is 6.08 Å². The van der Waals surface area contributed by atoms with Gasteiger partial charge in [0.2, 0.25) is 0 Å². The molecule has 0 aliphatic rings. The minimum absolute atomic E-state index is 0.763. The minimum atomic E-state index is -0.919. The zero-order valence-corrected chi connectivity index (χ0v) is 12.6. The molecule has 0 saturated carbocycles. The van der Waals surface area contributed by atoms with Crippen LogP contribution in [-0.2, 0) is 11.2 Å². The molecule has 0 fully saturated rings. The predicted octanol–water partition coefficient (Wildman–Crippen LogP) is 4.41. The fraction of sp³-hybridized carbons (Fsp3) is 0.353. The summed E-state index contributed by atoms with van der Waals surface area (Å²) in [4.78, 5) is 10.9. The molecule has 1 aromatic heterocycles. The number of hydrogen-bond donors (Lipinski definition) is 1. The van der Waals surface area contributed by atoms with Crippen molar-refractivity contribution in [3.8, 4) is 0 Å². The summed E-state index contributed by atoms with van der Waals surface area (Å²) in [5.74, 6) is 0.0809. The maximum atomic E-state index is 10.9. The molecule has 0 amide bonds. The highest BCUT2D eigenvalue weighted by atomic mass is 16.4. The van der Waals surface area contributed by atoms with Crippen molar-refractivity contribution in [3.63, 3.8) is 0 Å². The van der Waals surface area contributed by atoms with Gasteiger partial charge in [0.1, 0.15) is 11.3 Å². The monoisotopic (exact) mass is 272 g/mol. The second kappa shape index (κ2) is 5.16. The van der Waals surface area contributed by atoms with E-state index in [-0.39, 0.29) is 0 Å². The Morgan fingerprint density at radius 3 is 2.45 bits per heavy atom. The number of carboxylic acid groups (broad SMARTS) is 1. The number of rotatable bonds is 3. The van der Waals surface area contributed by atoms with E-state index in [2.05, 4.69) is 13.8 Å². The lowest BCUT2D eigenvalue weighted by molar-refractivity contribution is -0.131. The zero-order valence-electron chi connectivity index (χ0n) is 12.6. The van der Waals surface area contributed by atoms with Crippen LogP contribution in [0.4, 0.5) is 0 Å². The molecule has 0 aliphatic carbocycles. The summed E-state index contributed by atoms with van der Waals surface area (Å²) >= 11 is 0. The molecule has 0 atom stereocenters. The Morgan fingerprint density at radius 1 is 1.25 bits per heavy atom. The first-order chi connectivity index (χ1) is 9.36. The van der Waals surface area contributed by atoms with Crippen molar-refractivity contribution in [2.24, 2.45) is 0 Å². The summed E-state index contributed by atoms with van der Waals surface area (Å²) in [6, 6.07) is 2.05. The van der Waals surface area contributed by atoms with E-state index in [1.807, 2.05) is 26.8 Å². The van der Waals surface area contributed by atoms with Crippen molar-refractivity contribution < 1.29 is 14.3 Å². The largest absolute Gasteiger partial charge is 0.478 e. The van der Waals surface area contributed by atoms with E-state index in [9.17, 15) is 4.79 Å². The predicted molar refractivity (Wildman–Crippen MR) is 81.1 cm³/mol. The van der Waals surface area contributed by atoms with Gasteiger partial charge in [0.15, 0.2) is 0 Å². The lowest BCUT2D eigenvalue weighted by Crippen LogP contribution is -1.94. The summed E-state index contributed by atoms with van der Waals surface area (Å²) in [6.45, 7) is 9.99. The zero-order chi connectivity index (χ0) is 15.0. The van der Waals surface area contributed by atoms with Crippen LogP contribution in [-0.4, -0.2) is 11.1 Å². The van der Waals surface area contributed by atoms with Gasteiger partial charge >= 0.3 is 5.97 Å². The number of aryl methyl sites for hydroxylation is 3. The molecule has 0 saturated heterocycles. The SMILES string of the molecule is CCc1oc2c(C)c(C)c(/C(C)=C\C(=O)O)cc2c1C. The van der Waals surface area contributed by atoms with Gasteiger partial charge in [-0.2, -0.15) is 0 Å². The molecule has 2 aromatic rings. The Hall–Kier alpha value is -2.03. The van der Waals surface area contributed by atoms with Crippen molar-refractivity contribution in [2.45, 2.75) is 41.0 Å². The number of fused-ring (bicyclic) bond motifs is 1. The normalized spacial score (nSPS) is 12.2. The third-order valence-corrected chi connectivity index (χ3v) is 3.97. The highest BCUT2D eigenvalue weighted by Gasteiger charge is 2.16. The first kappa shape index (κ1) is 14.4. The summed E-state index contributed by atoms with van der Waals surface area (Å²) in [7, 11) is 0. The molecule has 0 radical (unpaired) electrons. The van der Waals surface area contributed by atoms with Crippen molar-refractivity contribution in [3.05, 3.63) is 40.2 Å². The highest BCUT2D eigenvalue weighted by molar-refractivity contribution is 5.94. The van der Waals surface area contributed by atoms with Gasteiger partial charge in [0.25, 0.3) is 0 Å². The molecule has 3 heteroatoms. The molecule has 20 heavy (non-hydrogen) atoms. The van der Waals surface area contributed by atoms with Crippen LogP contribution in [0.5, 0.6) is 0 Å². The van der Waals surface area contributed by atoms with E-state index >= 15 is 0 Å². The Labute approximate surface area is 118 Å². The van der Waals surface area contributed by atoms with Crippen molar-refractivity contribution in [1.29, 1.82) is 0 Å². The number of carbonyl (C=O) groups is 1. The number of benzene rings is 1. The van der Waals surface area contributed by atoms with Gasteiger partial charge in [-0.1, -0.05) is 6.92 Å². The standard InChI is InChI=1S/C17H20O3/c1-6-15-12(5)14-8-13(9(2)7-16(18)19)10(3)11(4)17(14)20-15/h7-8H,6H2,1-5H3,(H,18,19)/b9-7-. The molecule has 0 unspecified atom stereocenters. The summed E-state index contributed by atoms with van der Waals surface area (Å²) in [6.07, 6.45) is 2.11. The van der Waals surface area contributed by atoms with E-state index in [0.29, 0.717) is 0 Å². The summed E-state index contributed by atoms with van der Waals surface area (Å²) in [5, 5.41) is 10.0. The van der Waals surface area contributed by atoms with Crippen LogP contribution in [0.2, 0.25) is 0 Å². The lowest BCUT2D eigenvalue weighted by atomic mass is 9.94. The quantitative estimate of drug-likeness (QED) is 0.842. The van der Waals surface area contributed by atoms with Crippen LogP contribution < -0.4 is 0 Å². The van der Waals surface area contributed by atoms with E-state index in [0.717, 1.165) is 51.0 Å². The van der Waals surface area contributed by atoms with E-state index in [1.54, 1.807) is 0 Å². The van der Waals surface area contributed by atoms with E-state index in [4.69, 9.17) is 9.52 Å². The number of furan rings is 1. The number of carboxylic acids is 1. The molecule has 3 nitrogen and oxygen atoms in total. The molecule has 1 heterocycles. The lowest BCUT2D eigenvalue weighted by Gasteiger charge is -2.10. The molecular formula is C17H20O3. The second-order valence-corrected chi connectivity index (χ2v) is 5.22. The third kappa shape index (κ3) is 2.24. The summed E-state index contributed by atoms with van der Waals surface area (Å²) < 4.78 is 5.94. The number of allylic oxidation sites excluding steroid dienone is 1. The summed E-state index contributed by atoms with van der Waals surface area (Å²) in [5.41, 5.74) is 5.96. The first-order valence-corrected chi connectivity index (χ1v) is 6.80. The molecule has 1 aromatic carbocycles. The van der Waals surface area contributed by atoms with Gasteiger partial charge in [-0.15, -0.1) is 0 Å². The molecular weight excluding hydrogens is 252 g/mol. The van der Waals surface area contributed by atoms with Gasteiger partial charge in [-0.05, 0) is 61.6 Å². The fourth-order valence-electron chi connectivity index (χ4n) is 2.66. The molecule has 0 aliphatic heterocycles. The van der Waals surface area contributed by atoms with Crippen LogP contribution in [0, 0.1) is 20.8 Å². The van der Waals surface area contributed by atoms with Crippen LogP contribution in [0.15, 0.2) is 16.6 Å². The van der Waals surface area contributed by atoms with Crippen molar-refractivity contribution in [2.75, 3.05) is 0 Å². The van der Waals surface area contributed by atoms with E-state index < -0.39 is 5.97 Å². The van der Waals surface area contributed by atoms with Crippen molar-refractivity contribution >= 4 is 22.5 Å². The Kier molecular flexibility index (Phi) is 3.71. The molecule has 106 valence electrons. The average Bonchev–Trinajstić information content (AvgIpc) is 2.70. The molecule has 1 N–H and O–H groups in total. The van der Waals surface area contributed by atoms with Crippen LogP contribution in [0.3, 0.4) is 0 Å². The molecule has 0 spiro atoms. The molecule has 2 rings (SSSR count). The topological polar surface area (TPSA) is 50.4 Å². The third-order valence-electron chi connectivity index (χ3n) is 3.97. The van der Waals surface area contributed by atoms with Crippen LogP contribution >= 0.6 is 0 Å². The van der Waals surface area contributed by atoms with Crippen LogP contribution in [0.25, 0.3) is 16.5 Å². The first-order valence-electron chi connectivity index (χ1n) is 6.80. The Bertz CT molecular complexity index is 718. The van der Waals surface area contributed by atoms with Gasteiger partial charge in [0.05, 0.1) is 0 Å². The van der Waals surface area contributed by atoms with Gasteiger partial charge in [-0.25, -0.2) is 4.79 Å². The van der Waals surface area contributed by atoms with Crippen LogP contribution in [0.1, 0.15) is 41.9 Å². The van der Waals surface area contributed by atoms with Gasteiger partial charge < -0.3 is 9.52 Å². The van der Waals surface area contributed by atoms with Gasteiger partial charge in [0, 0.05) is 17.9 Å². The minimum Gasteiger partial charge on any atom is -0.478 e. The van der Waals surface area contributed by atoms with Gasteiger partial charge in [-0.3, -0.25) is 0 Å². The van der Waals surface area contributed by atoms with Crippen molar-refractivity contribution in [1.82, 2.24) is 0 Å². The maximum Gasteiger partial charge on any atom is 0.328 e. The number of aliphatic carboxylic acids is 1. The fourth-order valence-corrected chi connectivity index (χ4v) is 2.66. The highest BCUT2D eigenvalue weighted by Crippen LogP contribution is 2.34.